The van der Waals surface area contributed by atoms with Crippen molar-refractivity contribution >= 4 is 56.7 Å². The summed E-state index contributed by atoms with van der Waals surface area (Å²) in [4.78, 5) is 47.8. The molecule has 1 fully saturated rings. The van der Waals surface area contributed by atoms with Gasteiger partial charge in [-0.1, -0.05) is 18.2 Å². The molecule has 172 valence electrons. The SMILES string of the molecule is COC(=O)CN1C(=O)S/C(=C\c2ccccc2OS(=O)(=O)c2ccc(NC(C)=O)cc2)C1=O. The number of hydrogen-bond acceptors (Lipinski definition) is 9. The van der Waals surface area contributed by atoms with Gasteiger partial charge in [-0.15, -0.1) is 0 Å². The fourth-order valence-corrected chi connectivity index (χ4v) is 4.50. The zero-order valence-corrected chi connectivity index (χ0v) is 19.1. The molecule has 2 aromatic carbocycles. The number of rotatable bonds is 7. The van der Waals surface area contributed by atoms with Crippen molar-refractivity contribution in [1.29, 1.82) is 0 Å². The summed E-state index contributed by atoms with van der Waals surface area (Å²) in [6.45, 7) is 0.800. The first-order chi connectivity index (χ1) is 15.6. The van der Waals surface area contributed by atoms with Gasteiger partial charge >= 0.3 is 16.1 Å². The van der Waals surface area contributed by atoms with Crippen LogP contribution in [0, 0.1) is 0 Å². The Morgan fingerprint density at radius 1 is 1.09 bits per heavy atom. The fraction of sp³-hybridized carbons (Fsp3) is 0.143. The van der Waals surface area contributed by atoms with Crippen LogP contribution in [0.5, 0.6) is 5.75 Å². The molecule has 0 bridgehead atoms. The quantitative estimate of drug-likeness (QED) is 0.353. The van der Waals surface area contributed by atoms with Crippen molar-refractivity contribution in [3.8, 4) is 5.75 Å². The largest absolute Gasteiger partial charge is 0.468 e. The molecular formula is C21H18N2O8S2. The van der Waals surface area contributed by atoms with Gasteiger partial charge in [-0.2, -0.15) is 8.42 Å². The van der Waals surface area contributed by atoms with Gasteiger partial charge in [0, 0.05) is 18.2 Å². The molecule has 1 aliphatic heterocycles. The lowest BCUT2D eigenvalue weighted by Gasteiger charge is -2.11. The molecule has 0 aromatic heterocycles. The third-order valence-corrected chi connectivity index (χ3v) is 6.41. The van der Waals surface area contributed by atoms with Crippen LogP contribution in [0.2, 0.25) is 0 Å². The third kappa shape index (κ3) is 5.79. The molecule has 2 aromatic rings. The maximum atomic E-state index is 12.7. The normalized spacial score (nSPS) is 15.0. The number of hydrogen-bond donors (Lipinski definition) is 1. The topological polar surface area (TPSA) is 136 Å². The number of esters is 1. The number of anilines is 1. The summed E-state index contributed by atoms with van der Waals surface area (Å²) in [6, 6.07) is 11.5. The van der Waals surface area contributed by atoms with Crippen molar-refractivity contribution in [1.82, 2.24) is 4.90 Å². The summed E-state index contributed by atoms with van der Waals surface area (Å²) in [5.74, 6) is -1.82. The Bertz CT molecular complexity index is 1250. The Morgan fingerprint density at radius 3 is 2.39 bits per heavy atom. The number of carbonyl (C=O) groups excluding carboxylic acids is 4. The maximum Gasteiger partial charge on any atom is 0.339 e. The zero-order valence-electron chi connectivity index (χ0n) is 17.4. The van der Waals surface area contributed by atoms with Crippen molar-refractivity contribution < 1.29 is 36.5 Å². The Balaban J connectivity index is 1.85. The van der Waals surface area contributed by atoms with Crippen molar-refractivity contribution in [2.75, 3.05) is 19.0 Å². The first kappa shape index (κ1) is 24.0. The van der Waals surface area contributed by atoms with Crippen molar-refractivity contribution in [3.05, 3.63) is 59.0 Å². The minimum atomic E-state index is -4.24. The van der Waals surface area contributed by atoms with Gasteiger partial charge in [-0.25, -0.2) is 0 Å². The summed E-state index contributed by atoms with van der Waals surface area (Å²) in [6.07, 6.45) is 1.31. The van der Waals surface area contributed by atoms with Crippen LogP contribution in [0.1, 0.15) is 12.5 Å². The summed E-state index contributed by atoms with van der Waals surface area (Å²) in [5, 5.41) is 1.88. The predicted octanol–water partition coefficient (Wildman–Crippen LogP) is 2.62. The molecule has 3 rings (SSSR count). The van der Waals surface area contributed by atoms with E-state index in [-0.39, 0.29) is 27.0 Å². The minimum absolute atomic E-state index is 0.00277. The van der Waals surface area contributed by atoms with E-state index < -0.39 is 33.8 Å². The summed E-state index contributed by atoms with van der Waals surface area (Å²) < 4.78 is 35.2. The number of amides is 3. The smallest absolute Gasteiger partial charge is 0.339 e. The molecule has 0 atom stereocenters. The standard InChI is InChI=1S/C21H18N2O8S2/c1-13(24)22-15-7-9-16(10-8-15)33(28,29)31-17-6-4-3-5-14(17)11-18-20(26)23(21(27)32-18)12-19(25)30-2/h3-11H,12H2,1-2H3,(H,22,24)/b18-11-. The van der Waals surface area contributed by atoms with Gasteiger partial charge in [0.25, 0.3) is 11.1 Å². The molecule has 1 saturated heterocycles. The molecule has 0 saturated carbocycles. The first-order valence-corrected chi connectivity index (χ1v) is 11.6. The van der Waals surface area contributed by atoms with Gasteiger partial charge in [0.1, 0.15) is 17.2 Å². The third-order valence-electron chi connectivity index (χ3n) is 4.26. The molecule has 3 amide bonds. The molecular weight excluding hydrogens is 472 g/mol. The van der Waals surface area contributed by atoms with E-state index in [0.717, 1.165) is 12.0 Å². The van der Waals surface area contributed by atoms with Crippen LogP contribution in [0.3, 0.4) is 0 Å². The van der Waals surface area contributed by atoms with E-state index in [0.29, 0.717) is 17.4 Å². The highest BCUT2D eigenvalue weighted by Crippen LogP contribution is 2.34. The number of imide groups is 1. The Hall–Kier alpha value is -3.64. The second-order valence-electron chi connectivity index (χ2n) is 6.62. The zero-order chi connectivity index (χ0) is 24.2. The number of nitrogens with zero attached hydrogens (tertiary/aromatic N) is 1. The average Bonchev–Trinajstić information content (AvgIpc) is 3.02. The van der Waals surface area contributed by atoms with Gasteiger partial charge in [-0.3, -0.25) is 24.1 Å². The Morgan fingerprint density at radius 2 is 1.76 bits per heavy atom. The molecule has 10 nitrogen and oxygen atoms in total. The lowest BCUT2D eigenvalue weighted by Crippen LogP contribution is -2.34. The Kier molecular flexibility index (Phi) is 7.19. The molecule has 1 heterocycles. The van der Waals surface area contributed by atoms with Crippen LogP contribution in [0.4, 0.5) is 10.5 Å². The van der Waals surface area contributed by atoms with E-state index in [9.17, 15) is 27.6 Å². The number of nitrogens with one attached hydrogen (secondary N) is 1. The van der Waals surface area contributed by atoms with E-state index >= 15 is 0 Å². The number of carbonyl (C=O) groups is 4. The van der Waals surface area contributed by atoms with Gasteiger partial charge in [0.05, 0.1) is 12.0 Å². The van der Waals surface area contributed by atoms with Crippen LogP contribution in [0.25, 0.3) is 6.08 Å². The van der Waals surface area contributed by atoms with E-state index in [1.54, 1.807) is 12.1 Å². The molecule has 33 heavy (non-hydrogen) atoms. The van der Waals surface area contributed by atoms with Crippen LogP contribution >= 0.6 is 11.8 Å². The molecule has 0 aliphatic carbocycles. The summed E-state index contributed by atoms with van der Waals surface area (Å²) in [5.41, 5.74) is 0.657. The highest BCUT2D eigenvalue weighted by molar-refractivity contribution is 8.18. The number of ether oxygens (including phenoxy) is 1. The van der Waals surface area contributed by atoms with E-state index in [1.165, 1.54) is 49.4 Å². The highest BCUT2D eigenvalue weighted by atomic mass is 32.2. The van der Waals surface area contributed by atoms with Crippen LogP contribution in [-0.2, 0) is 29.2 Å². The van der Waals surface area contributed by atoms with E-state index in [2.05, 4.69) is 10.1 Å². The van der Waals surface area contributed by atoms with Crippen LogP contribution < -0.4 is 9.50 Å². The molecule has 0 spiro atoms. The van der Waals surface area contributed by atoms with Gasteiger partial charge in [0.2, 0.25) is 5.91 Å². The highest BCUT2D eigenvalue weighted by Gasteiger charge is 2.36. The molecule has 0 unspecified atom stereocenters. The predicted molar refractivity (Wildman–Crippen MR) is 120 cm³/mol. The second-order valence-corrected chi connectivity index (χ2v) is 9.16. The van der Waals surface area contributed by atoms with Gasteiger partial charge < -0.3 is 14.2 Å². The van der Waals surface area contributed by atoms with E-state index in [4.69, 9.17) is 4.18 Å². The minimum Gasteiger partial charge on any atom is -0.468 e. The lowest BCUT2D eigenvalue weighted by molar-refractivity contribution is -0.143. The molecule has 0 radical (unpaired) electrons. The summed E-state index contributed by atoms with van der Waals surface area (Å²) in [7, 11) is -3.10. The maximum absolute atomic E-state index is 12.7. The van der Waals surface area contributed by atoms with Crippen molar-refractivity contribution in [2.45, 2.75) is 11.8 Å². The number of para-hydroxylation sites is 1. The number of benzene rings is 2. The monoisotopic (exact) mass is 490 g/mol. The van der Waals surface area contributed by atoms with Gasteiger partial charge in [0.15, 0.2) is 0 Å². The van der Waals surface area contributed by atoms with Crippen molar-refractivity contribution in [2.24, 2.45) is 0 Å². The number of thioether (sulfide) groups is 1. The molecule has 12 heteroatoms. The van der Waals surface area contributed by atoms with Crippen LogP contribution in [-0.4, -0.2) is 50.0 Å². The first-order valence-electron chi connectivity index (χ1n) is 9.34. The molecule has 1 N–H and O–H groups in total. The summed E-state index contributed by atoms with van der Waals surface area (Å²) >= 11 is 0.610. The van der Waals surface area contributed by atoms with E-state index in [1.807, 2.05) is 0 Å². The number of methoxy groups -OCH3 is 1. The lowest BCUT2D eigenvalue weighted by atomic mass is 10.2. The van der Waals surface area contributed by atoms with Crippen molar-refractivity contribution in [3.63, 3.8) is 0 Å². The second kappa shape index (κ2) is 9.88. The average molecular weight is 491 g/mol. The van der Waals surface area contributed by atoms with Gasteiger partial charge in [-0.05, 0) is 48.2 Å². The van der Waals surface area contributed by atoms with Crippen LogP contribution in [0.15, 0.2) is 58.3 Å². The Labute approximate surface area is 193 Å². The molecule has 1 aliphatic rings. The fourth-order valence-electron chi connectivity index (χ4n) is 2.72.